The van der Waals surface area contributed by atoms with Gasteiger partial charge in [0.2, 0.25) is 0 Å². The van der Waals surface area contributed by atoms with Gasteiger partial charge >= 0.3 is 0 Å². The summed E-state index contributed by atoms with van der Waals surface area (Å²) in [6.07, 6.45) is 0. The van der Waals surface area contributed by atoms with Gasteiger partial charge < -0.3 is 10.2 Å². The molecule has 0 heterocycles. The Bertz CT molecular complexity index is 186. The first-order valence-corrected chi connectivity index (χ1v) is 6.05. The Labute approximate surface area is 124 Å². The topological polar surface area (TPSA) is 57.5 Å². The molecular formula is C12H20Cl3O3. The van der Waals surface area contributed by atoms with E-state index in [1.54, 1.807) is 6.92 Å². The van der Waals surface area contributed by atoms with E-state index in [4.69, 9.17) is 49.8 Å². The first kappa shape index (κ1) is 26.2. The van der Waals surface area contributed by atoms with Crippen LogP contribution in [-0.4, -0.2) is 27.6 Å². The fourth-order valence-corrected chi connectivity index (χ4v) is 0.385. The van der Waals surface area contributed by atoms with Crippen molar-refractivity contribution < 1.29 is 15.0 Å². The molecule has 18 heavy (non-hydrogen) atoms. The molecule has 0 saturated heterocycles. The second kappa shape index (κ2) is 30.0. The van der Waals surface area contributed by atoms with Gasteiger partial charge in [0.1, 0.15) is 0 Å². The standard InChI is InChI=1S/C6H6.C2H4O2.C2H5.CHCl3.CH4O/c1-2-4-6-5-3-1;1-2(3)4;1-2;2-1(3)4;1-2/h1-6H;1H3,(H,3,4);1H2,2H3;1H;2H,1H3. The summed E-state index contributed by atoms with van der Waals surface area (Å²) in [6.45, 7) is 6.08. The lowest BCUT2D eigenvalue weighted by Crippen LogP contribution is -1.78. The van der Waals surface area contributed by atoms with E-state index in [1.807, 2.05) is 36.4 Å². The molecule has 6 heteroatoms. The summed E-state index contributed by atoms with van der Waals surface area (Å²) in [7, 11) is 1.00. The minimum Gasteiger partial charge on any atom is -0.481 e. The molecule has 0 aromatic heterocycles. The second-order valence-electron chi connectivity index (χ2n) is 1.92. The minimum absolute atomic E-state index is 0.750. The van der Waals surface area contributed by atoms with E-state index in [1.165, 1.54) is 0 Å². The molecule has 3 nitrogen and oxygen atoms in total. The van der Waals surface area contributed by atoms with Crippen LogP contribution in [0.4, 0.5) is 0 Å². The van der Waals surface area contributed by atoms with Gasteiger partial charge in [-0.05, 0) is 0 Å². The Balaban J connectivity index is -0.0000000737. The van der Waals surface area contributed by atoms with E-state index < -0.39 is 10.3 Å². The zero-order valence-corrected chi connectivity index (χ0v) is 13.0. The Kier molecular flexibility index (Phi) is 43.6. The smallest absolute Gasteiger partial charge is 0.300 e. The Morgan fingerprint density at radius 2 is 1.00 bits per heavy atom. The highest BCUT2D eigenvalue weighted by atomic mass is 35.6. The molecule has 0 fully saturated rings. The number of aliphatic hydroxyl groups excluding tert-OH is 1. The van der Waals surface area contributed by atoms with E-state index in [2.05, 4.69) is 6.92 Å². The summed E-state index contributed by atoms with van der Waals surface area (Å²) in [5.74, 6) is -0.833. The number of aliphatic hydroxyl groups is 1. The number of aliphatic carboxylic acids is 1. The van der Waals surface area contributed by atoms with E-state index in [9.17, 15) is 0 Å². The lowest BCUT2D eigenvalue weighted by atomic mass is 10.4. The summed E-state index contributed by atoms with van der Waals surface area (Å²) in [5.41, 5.74) is 0. The molecule has 0 unspecified atom stereocenters. The number of benzene rings is 1. The molecule has 0 amide bonds. The molecule has 0 spiro atoms. The van der Waals surface area contributed by atoms with Crippen molar-refractivity contribution in [2.24, 2.45) is 0 Å². The van der Waals surface area contributed by atoms with Gasteiger partial charge in [0.25, 0.3) is 5.97 Å². The normalized spacial score (nSPS) is 6.72. The number of halogens is 3. The van der Waals surface area contributed by atoms with Gasteiger partial charge in [0.05, 0.1) is 0 Å². The van der Waals surface area contributed by atoms with Crippen molar-refractivity contribution in [3.8, 4) is 0 Å². The van der Waals surface area contributed by atoms with Crippen molar-refractivity contribution in [2.75, 3.05) is 7.11 Å². The molecule has 1 radical (unpaired) electrons. The van der Waals surface area contributed by atoms with Crippen molar-refractivity contribution in [3.05, 3.63) is 43.3 Å². The number of carbonyl (C=O) groups is 1. The number of alkyl halides is 3. The third kappa shape index (κ3) is 107. The average molecular weight is 319 g/mol. The fraction of sp³-hybridized carbons (Fsp3) is 0.333. The Hall–Kier alpha value is -0.480. The minimum atomic E-state index is -0.833. The van der Waals surface area contributed by atoms with Crippen LogP contribution in [0.1, 0.15) is 13.8 Å². The summed E-state index contributed by atoms with van der Waals surface area (Å²) < 4.78 is -0.750. The Morgan fingerprint density at radius 1 is 0.944 bits per heavy atom. The van der Waals surface area contributed by atoms with Gasteiger partial charge in [-0.15, -0.1) is 0 Å². The van der Waals surface area contributed by atoms with Crippen LogP contribution < -0.4 is 0 Å². The molecule has 0 aliphatic heterocycles. The van der Waals surface area contributed by atoms with Gasteiger partial charge in [-0.25, -0.2) is 0 Å². The fourth-order valence-electron chi connectivity index (χ4n) is 0.385. The van der Waals surface area contributed by atoms with Crippen LogP contribution in [0, 0.1) is 6.92 Å². The summed E-state index contributed by atoms with van der Waals surface area (Å²) in [4.78, 5) is 9.00. The highest BCUT2D eigenvalue weighted by molar-refractivity contribution is 6.63. The molecule has 0 aliphatic rings. The highest BCUT2D eigenvalue weighted by Gasteiger charge is 1.78. The van der Waals surface area contributed by atoms with Crippen molar-refractivity contribution >= 4 is 40.8 Å². The molecular weight excluding hydrogens is 298 g/mol. The first-order chi connectivity index (χ1) is 8.46. The van der Waals surface area contributed by atoms with E-state index in [0.717, 1.165) is 14.0 Å². The summed E-state index contributed by atoms with van der Waals surface area (Å²) >= 11 is 14.4. The molecule has 2 N–H and O–H groups in total. The monoisotopic (exact) mass is 317 g/mol. The van der Waals surface area contributed by atoms with Crippen LogP contribution in [0.25, 0.3) is 0 Å². The second-order valence-corrected chi connectivity index (χ2v) is 3.90. The van der Waals surface area contributed by atoms with E-state index in [0.29, 0.717) is 0 Å². The van der Waals surface area contributed by atoms with Crippen LogP contribution in [0.3, 0.4) is 0 Å². The summed E-state index contributed by atoms with van der Waals surface area (Å²) in [5, 5.41) is 14.4. The largest absolute Gasteiger partial charge is 0.481 e. The molecule has 0 atom stereocenters. The van der Waals surface area contributed by atoms with Crippen molar-refractivity contribution in [1.82, 2.24) is 0 Å². The van der Waals surface area contributed by atoms with Crippen LogP contribution >= 0.6 is 34.8 Å². The molecule has 107 valence electrons. The quantitative estimate of drug-likeness (QED) is 0.704. The summed E-state index contributed by atoms with van der Waals surface area (Å²) in [6, 6.07) is 12.0. The predicted molar refractivity (Wildman–Crippen MR) is 80.3 cm³/mol. The SMILES string of the molecule is CC(=O)O.CO.ClC(Cl)Cl.[CH2]C.c1ccccc1. The Morgan fingerprint density at radius 3 is 1.06 bits per heavy atom. The van der Waals surface area contributed by atoms with Gasteiger partial charge in [0, 0.05) is 14.0 Å². The highest BCUT2D eigenvalue weighted by Crippen LogP contribution is 2.03. The number of rotatable bonds is 0. The first-order valence-electron chi connectivity index (χ1n) is 4.74. The van der Waals surface area contributed by atoms with Crippen molar-refractivity contribution in [2.45, 2.75) is 18.1 Å². The predicted octanol–water partition coefficient (Wildman–Crippen LogP) is 4.21. The third-order valence-electron chi connectivity index (χ3n) is 0.667. The number of hydrogen-bond acceptors (Lipinski definition) is 2. The van der Waals surface area contributed by atoms with Crippen LogP contribution in [0.2, 0.25) is 0 Å². The molecule has 1 aromatic rings. The zero-order chi connectivity index (χ0) is 15.4. The van der Waals surface area contributed by atoms with Crippen molar-refractivity contribution in [1.29, 1.82) is 0 Å². The average Bonchev–Trinajstić information content (AvgIpc) is 2.35. The van der Waals surface area contributed by atoms with Gasteiger partial charge in [-0.2, -0.15) is 0 Å². The van der Waals surface area contributed by atoms with Gasteiger partial charge in [-0.3, -0.25) is 4.79 Å². The van der Waals surface area contributed by atoms with Gasteiger partial charge in [0.15, 0.2) is 4.30 Å². The van der Waals surface area contributed by atoms with Crippen LogP contribution in [-0.2, 0) is 4.79 Å². The third-order valence-corrected chi connectivity index (χ3v) is 0.667. The van der Waals surface area contributed by atoms with Gasteiger partial charge in [-0.1, -0.05) is 85.0 Å². The lowest BCUT2D eigenvalue weighted by molar-refractivity contribution is -0.134. The number of carboxylic acids is 1. The maximum absolute atomic E-state index is 9.00. The molecule has 1 rings (SSSR count). The number of hydrogen-bond donors (Lipinski definition) is 2. The maximum atomic E-state index is 9.00. The zero-order valence-electron chi connectivity index (χ0n) is 10.7. The van der Waals surface area contributed by atoms with E-state index >= 15 is 0 Å². The maximum Gasteiger partial charge on any atom is 0.300 e. The lowest BCUT2D eigenvalue weighted by Gasteiger charge is -1.69. The van der Waals surface area contributed by atoms with Crippen LogP contribution in [0.5, 0.6) is 0 Å². The number of carboxylic acid groups (broad SMARTS) is 1. The molecule has 0 aliphatic carbocycles. The van der Waals surface area contributed by atoms with Crippen molar-refractivity contribution in [3.63, 3.8) is 0 Å². The molecule has 1 aromatic carbocycles. The molecule has 0 bridgehead atoms. The van der Waals surface area contributed by atoms with E-state index in [-0.39, 0.29) is 0 Å². The molecule has 0 saturated carbocycles. The van der Waals surface area contributed by atoms with Crippen LogP contribution in [0.15, 0.2) is 36.4 Å².